The van der Waals surface area contributed by atoms with Gasteiger partial charge >= 0.3 is 11.9 Å². The smallest absolute Gasteiger partial charge is 0.306 e. The third-order valence-electron chi connectivity index (χ3n) is 10.7. The first-order valence-corrected chi connectivity index (χ1v) is 25.0. The zero-order valence-electron chi connectivity index (χ0n) is 36.9. The molecule has 1 aliphatic heterocycles. The topological polar surface area (TPSA) is 186 Å². The van der Waals surface area contributed by atoms with Gasteiger partial charge in [-0.2, -0.15) is 8.42 Å². The van der Waals surface area contributed by atoms with Crippen LogP contribution in [0, 0.1) is 0 Å². The Bertz CT molecular complexity index is 1190. The highest BCUT2D eigenvalue weighted by Crippen LogP contribution is 2.24. The highest BCUT2D eigenvalue weighted by Gasteiger charge is 2.46. The Morgan fingerprint density at radius 3 is 1.47 bits per heavy atom. The number of carbonyl (C=O) groups is 2. The lowest BCUT2D eigenvalue weighted by Gasteiger charge is -2.40. The summed E-state index contributed by atoms with van der Waals surface area (Å²) in [6.07, 6.45) is 30.9. The van der Waals surface area contributed by atoms with Crippen molar-refractivity contribution in [1.82, 2.24) is 0 Å². The van der Waals surface area contributed by atoms with Crippen molar-refractivity contribution in [3.05, 3.63) is 24.3 Å². The van der Waals surface area contributed by atoms with Crippen molar-refractivity contribution in [2.45, 2.75) is 237 Å². The van der Waals surface area contributed by atoms with Crippen molar-refractivity contribution in [3.63, 3.8) is 0 Å². The fraction of sp³-hybridized carbons (Fsp3) is 0.870. The van der Waals surface area contributed by atoms with Crippen LogP contribution in [-0.4, -0.2) is 96.0 Å². The zero-order valence-corrected chi connectivity index (χ0v) is 37.7. The standard InChI is InChI=1S/C46H84O12S/c1-3-5-7-9-11-13-15-16-17-18-19-20-21-22-23-24-25-27-29-31-33-35-42(48)57-39(36-55-41(47)34-32-30-28-26-14-12-10-8-6-4-2)37-56-46-45(51)44(50)43(49)40(58-46)38-59(52,53)54/h8,10,18-19,39-40,43-46,49-51H,3-7,9,11-17,20-38H2,1-2H3,(H,52,53,54)/b10-8-,19-18-. The number of aliphatic hydroxyl groups is 3. The van der Waals surface area contributed by atoms with E-state index in [9.17, 15) is 37.9 Å². The van der Waals surface area contributed by atoms with Gasteiger partial charge in [0.1, 0.15) is 36.8 Å². The number of allylic oxidation sites excluding steroid dienone is 4. The van der Waals surface area contributed by atoms with E-state index in [1.54, 1.807) is 0 Å². The molecule has 1 aliphatic rings. The summed E-state index contributed by atoms with van der Waals surface area (Å²) in [5.41, 5.74) is 0. The van der Waals surface area contributed by atoms with E-state index in [0.29, 0.717) is 12.8 Å². The monoisotopic (exact) mass is 861 g/mol. The van der Waals surface area contributed by atoms with E-state index >= 15 is 0 Å². The quantitative estimate of drug-likeness (QED) is 0.0199. The van der Waals surface area contributed by atoms with Crippen molar-refractivity contribution >= 4 is 22.1 Å². The Balaban J connectivity index is 2.37. The van der Waals surface area contributed by atoms with Gasteiger partial charge in [-0.3, -0.25) is 14.1 Å². The minimum atomic E-state index is -4.60. The van der Waals surface area contributed by atoms with Crippen LogP contribution in [0.3, 0.4) is 0 Å². The largest absolute Gasteiger partial charge is 0.462 e. The van der Waals surface area contributed by atoms with Gasteiger partial charge in [0, 0.05) is 12.8 Å². The lowest BCUT2D eigenvalue weighted by atomic mass is 10.00. The summed E-state index contributed by atoms with van der Waals surface area (Å²) in [5, 5.41) is 30.9. The predicted octanol–water partition coefficient (Wildman–Crippen LogP) is 9.62. The maximum atomic E-state index is 12.8. The Morgan fingerprint density at radius 2 is 1.00 bits per heavy atom. The molecule has 0 saturated carbocycles. The third-order valence-corrected chi connectivity index (χ3v) is 11.5. The molecule has 6 unspecified atom stereocenters. The summed E-state index contributed by atoms with van der Waals surface area (Å²) >= 11 is 0. The van der Waals surface area contributed by atoms with Gasteiger partial charge in [0.2, 0.25) is 0 Å². The average molecular weight is 861 g/mol. The molecule has 0 aliphatic carbocycles. The molecule has 1 heterocycles. The van der Waals surface area contributed by atoms with Gasteiger partial charge in [-0.15, -0.1) is 0 Å². The molecule has 0 radical (unpaired) electrons. The van der Waals surface area contributed by atoms with Crippen LogP contribution in [0.25, 0.3) is 0 Å². The van der Waals surface area contributed by atoms with Crippen LogP contribution in [0.1, 0.15) is 200 Å². The number of esters is 2. The van der Waals surface area contributed by atoms with Crippen LogP contribution < -0.4 is 0 Å². The summed E-state index contributed by atoms with van der Waals surface area (Å²) in [6, 6.07) is 0. The first-order valence-electron chi connectivity index (χ1n) is 23.4. The normalized spacial score (nSPS) is 20.4. The second-order valence-corrected chi connectivity index (χ2v) is 17.9. The number of rotatable bonds is 39. The molecule has 0 aromatic carbocycles. The Labute approximate surface area is 358 Å². The number of hydrogen-bond donors (Lipinski definition) is 4. The Morgan fingerprint density at radius 1 is 0.559 bits per heavy atom. The van der Waals surface area contributed by atoms with Crippen LogP contribution >= 0.6 is 0 Å². The Kier molecular flexibility index (Phi) is 34.4. The predicted molar refractivity (Wildman–Crippen MR) is 233 cm³/mol. The first kappa shape index (κ1) is 55.1. The summed E-state index contributed by atoms with van der Waals surface area (Å²) in [6.45, 7) is 3.69. The number of hydrogen-bond acceptors (Lipinski definition) is 11. The highest BCUT2D eigenvalue weighted by molar-refractivity contribution is 7.85. The first-order chi connectivity index (χ1) is 28.5. The highest BCUT2D eigenvalue weighted by atomic mass is 32.2. The fourth-order valence-corrected chi connectivity index (χ4v) is 7.78. The van der Waals surface area contributed by atoms with E-state index in [1.807, 2.05) is 0 Å². The zero-order chi connectivity index (χ0) is 43.4. The van der Waals surface area contributed by atoms with E-state index in [-0.39, 0.29) is 19.4 Å². The minimum absolute atomic E-state index is 0.162. The fourth-order valence-electron chi connectivity index (χ4n) is 7.09. The van der Waals surface area contributed by atoms with E-state index < -0.39 is 71.2 Å². The summed E-state index contributed by atoms with van der Waals surface area (Å²) < 4.78 is 54.0. The lowest BCUT2D eigenvalue weighted by Crippen LogP contribution is -2.60. The molecule has 13 heteroatoms. The molecule has 1 fully saturated rings. The molecule has 4 N–H and O–H groups in total. The Hall–Kier alpha value is -1.87. The van der Waals surface area contributed by atoms with Gasteiger partial charge in [-0.25, -0.2) is 0 Å². The number of aliphatic hydroxyl groups excluding tert-OH is 3. The molecule has 0 aromatic heterocycles. The number of unbranched alkanes of at least 4 members (excludes halogenated alkanes) is 23. The van der Waals surface area contributed by atoms with Gasteiger partial charge in [-0.05, 0) is 57.8 Å². The SMILES string of the molecule is CCC/C=C\CCCCCCCC(=O)OCC(COC1OC(CS(=O)(=O)O)C(O)C(O)C1O)OC(=O)CCCCCCCCCCC/C=C\CCCCCCCCCC. The molecule has 346 valence electrons. The lowest BCUT2D eigenvalue weighted by molar-refractivity contribution is -0.297. The molecule has 6 atom stereocenters. The summed E-state index contributed by atoms with van der Waals surface area (Å²) in [4.78, 5) is 25.3. The van der Waals surface area contributed by atoms with Crippen LogP contribution in [-0.2, 0) is 38.7 Å². The minimum Gasteiger partial charge on any atom is -0.462 e. The van der Waals surface area contributed by atoms with E-state index in [0.717, 1.165) is 64.2 Å². The van der Waals surface area contributed by atoms with E-state index in [4.69, 9.17) is 18.9 Å². The van der Waals surface area contributed by atoms with Crippen molar-refractivity contribution in [2.75, 3.05) is 19.0 Å². The average Bonchev–Trinajstić information content (AvgIpc) is 3.20. The van der Waals surface area contributed by atoms with Gasteiger partial charge < -0.3 is 34.3 Å². The van der Waals surface area contributed by atoms with Gasteiger partial charge in [0.15, 0.2) is 12.4 Å². The summed E-state index contributed by atoms with van der Waals surface area (Å²) in [5.74, 6) is -1.99. The molecule has 1 saturated heterocycles. The molecule has 12 nitrogen and oxygen atoms in total. The number of carbonyl (C=O) groups excluding carboxylic acids is 2. The third kappa shape index (κ3) is 31.6. The molecule has 0 aromatic rings. The molecular weight excluding hydrogens is 777 g/mol. The molecule has 59 heavy (non-hydrogen) atoms. The summed E-state index contributed by atoms with van der Waals surface area (Å²) in [7, 11) is -4.60. The van der Waals surface area contributed by atoms with Crippen molar-refractivity contribution in [2.24, 2.45) is 0 Å². The second-order valence-electron chi connectivity index (χ2n) is 16.4. The van der Waals surface area contributed by atoms with Crippen molar-refractivity contribution in [1.29, 1.82) is 0 Å². The maximum absolute atomic E-state index is 12.8. The molecule has 0 spiro atoms. The number of ether oxygens (including phenoxy) is 4. The maximum Gasteiger partial charge on any atom is 0.306 e. The van der Waals surface area contributed by atoms with Gasteiger partial charge in [-0.1, -0.05) is 154 Å². The van der Waals surface area contributed by atoms with Crippen LogP contribution in [0.5, 0.6) is 0 Å². The van der Waals surface area contributed by atoms with Crippen molar-refractivity contribution < 1.29 is 56.8 Å². The van der Waals surface area contributed by atoms with Crippen molar-refractivity contribution in [3.8, 4) is 0 Å². The molecular formula is C46H84O12S. The van der Waals surface area contributed by atoms with E-state index in [2.05, 4.69) is 38.2 Å². The molecule has 0 bridgehead atoms. The van der Waals surface area contributed by atoms with Crippen LogP contribution in [0.2, 0.25) is 0 Å². The van der Waals surface area contributed by atoms with E-state index in [1.165, 1.54) is 96.3 Å². The van der Waals surface area contributed by atoms with Crippen LogP contribution in [0.15, 0.2) is 24.3 Å². The van der Waals surface area contributed by atoms with Crippen LogP contribution in [0.4, 0.5) is 0 Å². The molecule has 1 rings (SSSR count). The van der Waals surface area contributed by atoms with Gasteiger partial charge in [0.05, 0.1) is 6.61 Å². The second kappa shape index (κ2) is 36.8. The molecule has 0 amide bonds. The van der Waals surface area contributed by atoms with Gasteiger partial charge in [0.25, 0.3) is 10.1 Å².